The molecule has 0 atom stereocenters. The summed E-state index contributed by atoms with van der Waals surface area (Å²) in [5, 5.41) is 15.3. The predicted molar refractivity (Wildman–Crippen MR) is 99.1 cm³/mol. The number of anilines is 3. The maximum Gasteiger partial charge on any atom is 0.353 e. The number of nitro groups is 1. The maximum atomic E-state index is 11.7. The summed E-state index contributed by atoms with van der Waals surface area (Å²) in [4.78, 5) is 21.4. The third-order valence-electron chi connectivity index (χ3n) is 4.10. The monoisotopic (exact) mass is 381 g/mol. The van der Waals surface area contributed by atoms with E-state index in [1.165, 1.54) is 6.33 Å². The standard InChI is InChI=1S/C16H17Cl2N5O2/c17-11-6-5-7-12(13(11)18)21-15-14(23(24)25)16(20-10-19-15)22-8-3-1-2-4-9-22/h5-7,10H,1-4,8-9H2,(H,19,20,21). The van der Waals surface area contributed by atoms with E-state index in [1.807, 2.05) is 4.90 Å². The van der Waals surface area contributed by atoms with Crippen molar-refractivity contribution in [3.05, 3.63) is 44.7 Å². The molecule has 0 aliphatic carbocycles. The van der Waals surface area contributed by atoms with Crippen LogP contribution in [0.25, 0.3) is 0 Å². The molecule has 1 saturated heterocycles. The number of hydrogen-bond acceptors (Lipinski definition) is 6. The molecule has 3 rings (SSSR count). The number of nitrogens with zero attached hydrogens (tertiary/aromatic N) is 4. The molecule has 0 amide bonds. The summed E-state index contributed by atoms with van der Waals surface area (Å²) in [7, 11) is 0. The van der Waals surface area contributed by atoms with E-state index in [2.05, 4.69) is 15.3 Å². The van der Waals surface area contributed by atoms with Gasteiger partial charge in [0.05, 0.1) is 20.7 Å². The molecule has 132 valence electrons. The van der Waals surface area contributed by atoms with Gasteiger partial charge in [-0.1, -0.05) is 42.1 Å². The highest BCUT2D eigenvalue weighted by atomic mass is 35.5. The van der Waals surface area contributed by atoms with Gasteiger partial charge in [0.1, 0.15) is 6.33 Å². The Kier molecular flexibility index (Phi) is 5.55. The number of rotatable bonds is 4. The first-order chi connectivity index (χ1) is 12.1. The fourth-order valence-electron chi connectivity index (χ4n) is 2.87. The Bertz CT molecular complexity index is 779. The van der Waals surface area contributed by atoms with Gasteiger partial charge in [0.25, 0.3) is 0 Å². The highest BCUT2D eigenvalue weighted by Gasteiger charge is 2.28. The van der Waals surface area contributed by atoms with E-state index in [0.717, 1.165) is 38.8 Å². The Morgan fingerprint density at radius 2 is 1.84 bits per heavy atom. The van der Waals surface area contributed by atoms with Crippen molar-refractivity contribution in [1.29, 1.82) is 0 Å². The molecule has 1 aromatic heterocycles. The number of benzene rings is 1. The largest absolute Gasteiger partial charge is 0.353 e. The molecule has 1 aliphatic heterocycles. The second kappa shape index (κ2) is 7.84. The minimum atomic E-state index is -0.457. The molecule has 0 radical (unpaired) electrons. The molecule has 1 aliphatic rings. The second-order valence-electron chi connectivity index (χ2n) is 5.78. The lowest BCUT2D eigenvalue weighted by atomic mass is 10.2. The van der Waals surface area contributed by atoms with Crippen molar-refractivity contribution in [2.45, 2.75) is 25.7 Å². The van der Waals surface area contributed by atoms with Crippen LogP contribution in [0.2, 0.25) is 10.0 Å². The molecule has 0 saturated carbocycles. The Hall–Kier alpha value is -2.12. The van der Waals surface area contributed by atoms with Crippen LogP contribution in [-0.4, -0.2) is 28.0 Å². The van der Waals surface area contributed by atoms with Gasteiger partial charge in [-0.25, -0.2) is 9.97 Å². The zero-order valence-electron chi connectivity index (χ0n) is 13.4. The molecular formula is C16H17Cl2N5O2. The van der Waals surface area contributed by atoms with Crippen LogP contribution in [0.5, 0.6) is 0 Å². The van der Waals surface area contributed by atoms with Crippen molar-refractivity contribution in [1.82, 2.24) is 9.97 Å². The van der Waals surface area contributed by atoms with Gasteiger partial charge in [-0.2, -0.15) is 0 Å². The van der Waals surface area contributed by atoms with E-state index in [9.17, 15) is 10.1 Å². The lowest BCUT2D eigenvalue weighted by Gasteiger charge is -2.21. The van der Waals surface area contributed by atoms with Gasteiger partial charge in [0, 0.05) is 13.1 Å². The average Bonchev–Trinajstić information content (AvgIpc) is 2.88. The third-order valence-corrected chi connectivity index (χ3v) is 4.91. The second-order valence-corrected chi connectivity index (χ2v) is 6.56. The summed E-state index contributed by atoms with van der Waals surface area (Å²) in [5.74, 6) is 0.436. The third kappa shape index (κ3) is 3.93. The highest BCUT2D eigenvalue weighted by Crippen LogP contribution is 2.37. The Morgan fingerprint density at radius 1 is 1.12 bits per heavy atom. The molecule has 9 heteroatoms. The summed E-state index contributed by atoms with van der Waals surface area (Å²) >= 11 is 12.2. The first-order valence-electron chi connectivity index (χ1n) is 8.03. The number of nitrogens with one attached hydrogen (secondary N) is 1. The Balaban J connectivity index is 2.00. The van der Waals surface area contributed by atoms with E-state index in [1.54, 1.807) is 18.2 Å². The molecule has 1 fully saturated rings. The molecule has 25 heavy (non-hydrogen) atoms. The van der Waals surface area contributed by atoms with Crippen LogP contribution in [0.4, 0.5) is 23.0 Å². The lowest BCUT2D eigenvalue weighted by molar-refractivity contribution is -0.383. The van der Waals surface area contributed by atoms with Crippen LogP contribution in [-0.2, 0) is 0 Å². The molecule has 2 aromatic rings. The number of hydrogen-bond donors (Lipinski definition) is 1. The van der Waals surface area contributed by atoms with Gasteiger partial charge < -0.3 is 10.2 Å². The zero-order chi connectivity index (χ0) is 17.8. The minimum Gasteiger partial charge on any atom is -0.351 e. The first-order valence-corrected chi connectivity index (χ1v) is 8.79. The van der Waals surface area contributed by atoms with Crippen LogP contribution in [0.15, 0.2) is 24.5 Å². The van der Waals surface area contributed by atoms with Gasteiger partial charge in [-0.05, 0) is 25.0 Å². The summed E-state index contributed by atoms with van der Waals surface area (Å²) in [6.07, 6.45) is 5.55. The number of halogens is 2. The van der Waals surface area contributed by atoms with Crippen LogP contribution in [0.3, 0.4) is 0 Å². The van der Waals surface area contributed by atoms with E-state index >= 15 is 0 Å². The molecule has 0 unspecified atom stereocenters. The van der Waals surface area contributed by atoms with Gasteiger partial charge in [0.15, 0.2) is 0 Å². The fourth-order valence-corrected chi connectivity index (χ4v) is 3.22. The van der Waals surface area contributed by atoms with Crippen LogP contribution in [0, 0.1) is 10.1 Å². The molecule has 0 spiro atoms. The van der Waals surface area contributed by atoms with E-state index in [4.69, 9.17) is 23.2 Å². The van der Waals surface area contributed by atoms with E-state index < -0.39 is 4.92 Å². The molecule has 0 bridgehead atoms. The molecular weight excluding hydrogens is 365 g/mol. The van der Waals surface area contributed by atoms with Crippen molar-refractivity contribution in [2.75, 3.05) is 23.3 Å². The van der Waals surface area contributed by atoms with Gasteiger partial charge in [-0.15, -0.1) is 0 Å². The lowest BCUT2D eigenvalue weighted by Crippen LogP contribution is -2.26. The van der Waals surface area contributed by atoms with Crippen molar-refractivity contribution in [3.63, 3.8) is 0 Å². The van der Waals surface area contributed by atoms with Crippen molar-refractivity contribution >= 4 is 46.2 Å². The highest BCUT2D eigenvalue weighted by molar-refractivity contribution is 6.43. The van der Waals surface area contributed by atoms with Gasteiger partial charge in [-0.3, -0.25) is 10.1 Å². The van der Waals surface area contributed by atoms with Crippen molar-refractivity contribution < 1.29 is 4.92 Å². The zero-order valence-corrected chi connectivity index (χ0v) is 14.9. The predicted octanol–water partition coefficient (Wildman–Crippen LogP) is 4.82. The topological polar surface area (TPSA) is 84.2 Å². The number of aromatic nitrogens is 2. The van der Waals surface area contributed by atoms with Crippen LogP contribution < -0.4 is 10.2 Å². The quantitative estimate of drug-likeness (QED) is 0.603. The van der Waals surface area contributed by atoms with E-state index in [-0.39, 0.29) is 16.5 Å². The smallest absolute Gasteiger partial charge is 0.351 e. The summed E-state index contributed by atoms with van der Waals surface area (Å²) in [5.41, 5.74) is 0.304. The molecule has 1 N–H and O–H groups in total. The minimum absolute atomic E-state index is 0.100. The van der Waals surface area contributed by atoms with Crippen molar-refractivity contribution in [3.8, 4) is 0 Å². The maximum absolute atomic E-state index is 11.7. The molecule has 2 heterocycles. The van der Waals surface area contributed by atoms with Crippen LogP contribution >= 0.6 is 23.2 Å². The first kappa shape index (κ1) is 17.7. The Labute approximate surface area is 155 Å². The average molecular weight is 382 g/mol. The van der Waals surface area contributed by atoms with Gasteiger partial charge >= 0.3 is 5.69 Å². The Morgan fingerprint density at radius 3 is 2.52 bits per heavy atom. The van der Waals surface area contributed by atoms with E-state index in [0.29, 0.717) is 16.5 Å². The normalized spacial score (nSPS) is 14.9. The SMILES string of the molecule is O=[N+]([O-])c1c(Nc2cccc(Cl)c2Cl)ncnc1N1CCCCCC1. The molecule has 1 aromatic carbocycles. The fraction of sp³-hybridized carbons (Fsp3) is 0.375. The van der Waals surface area contributed by atoms with Crippen LogP contribution in [0.1, 0.15) is 25.7 Å². The summed E-state index contributed by atoms with van der Waals surface area (Å²) in [6, 6.07) is 5.04. The van der Waals surface area contributed by atoms with Crippen molar-refractivity contribution in [2.24, 2.45) is 0 Å². The van der Waals surface area contributed by atoms with Gasteiger partial charge in [0.2, 0.25) is 11.6 Å². The summed E-state index contributed by atoms with van der Waals surface area (Å²) < 4.78 is 0. The summed E-state index contributed by atoms with van der Waals surface area (Å²) in [6.45, 7) is 1.49. The molecule has 7 nitrogen and oxygen atoms in total.